The minimum atomic E-state index is -0.585. The van der Waals surface area contributed by atoms with E-state index in [-0.39, 0.29) is 17.9 Å². The highest BCUT2D eigenvalue weighted by molar-refractivity contribution is 6.02. The normalized spacial score (nSPS) is 10.9. The van der Waals surface area contributed by atoms with Crippen molar-refractivity contribution < 1.29 is 14.1 Å². The molecule has 29 heavy (non-hydrogen) atoms. The van der Waals surface area contributed by atoms with Gasteiger partial charge in [-0.05, 0) is 24.6 Å². The second-order valence-electron chi connectivity index (χ2n) is 6.32. The Morgan fingerprint density at radius 2 is 2.00 bits per heavy atom. The highest BCUT2D eigenvalue weighted by Crippen LogP contribution is 2.16. The van der Waals surface area contributed by atoms with Crippen LogP contribution in [0.5, 0.6) is 0 Å². The van der Waals surface area contributed by atoms with E-state index in [4.69, 9.17) is 9.26 Å². The first-order chi connectivity index (χ1) is 14.1. The summed E-state index contributed by atoms with van der Waals surface area (Å²) in [6, 6.07) is 10.5. The topological polar surface area (TPSA) is 113 Å². The molecule has 1 aromatic carbocycles. The van der Waals surface area contributed by atoms with Gasteiger partial charge in [0.15, 0.2) is 5.69 Å². The summed E-state index contributed by atoms with van der Waals surface area (Å²) in [6.45, 7) is 0.155. The van der Waals surface area contributed by atoms with Crippen LogP contribution in [0.3, 0.4) is 0 Å². The van der Waals surface area contributed by atoms with E-state index in [1.807, 2.05) is 6.07 Å². The summed E-state index contributed by atoms with van der Waals surface area (Å²) in [4.78, 5) is 32.9. The predicted octanol–water partition coefficient (Wildman–Crippen LogP) is 2.17. The van der Waals surface area contributed by atoms with Gasteiger partial charge in [-0.2, -0.15) is 10.1 Å². The van der Waals surface area contributed by atoms with E-state index in [0.29, 0.717) is 35.3 Å². The van der Waals surface area contributed by atoms with Gasteiger partial charge in [-0.3, -0.25) is 9.78 Å². The Hall–Kier alpha value is -3.88. The van der Waals surface area contributed by atoms with Crippen LogP contribution >= 0.6 is 0 Å². The number of nitrogens with zero attached hydrogens (tertiary/aromatic N) is 5. The lowest BCUT2D eigenvalue weighted by Gasteiger charge is -2.08. The molecule has 0 atom stereocenters. The summed E-state index contributed by atoms with van der Waals surface area (Å²) in [5.41, 5.74) is 0.610. The first-order valence-electron chi connectivity index (χ1n) is 8.99. The van der Waals surface area contributed by atoms with Gasteiger partial charge in [-0.1, -0.05) is 23.4 Å². The second-order valence-corrected chi connectivity index (χ2v) is 6.32. The number of benzene rings is 1. The monoisotopic (exact) mass is 391 g/mol. The molecule has 4 aromatic rings. The maximum Gasteiger partial charge on any atom is 0.359 e. The van der Waals surface area contributed by atoms with E-state index >= 15 is 0 Å². The highest BCUT2D eigenvalue weighted by Gasteiger charge is 2.17. The van der Waals surface area contributed by atoms with Gasteiger partial charge < -0.3 is 9.26 Å². The van der Waals surface area contributed by atoms with Crippen LogP contribution in [0, 0.1) is 0 Å². The minimum Gasteiger partial charge on any atom is -0.461 e. The van der Waals surface area contributed by atoms with Crippen LogP contribution in [0.25, 0.3) is 22.2 Å². The molecule has 0 aliphatic heterocycles. The lowest BCUT2D eigenvalue weighted by atomic mass is 10.1. The molecular formula is C20H17N5O4. The summed E-state index contributed by atoms with van der Waals surface area (Å²) >= 11 is 0. The van der Waals surface area contributed by atoms with Crippen LogP contribution in [-0.4, -0.2) is 37.5 Å². The smallest absolute Gasteiger partial charge is 0.359 e. The molecule has 0 bridgehead atoms. The van der Waals surface area contributed by atoms with Crippen molar-refractivity contribution in [3.8, 4) is 11.4 Å². The van der Waals surface area contributed by atoms with Gasteiger partial charge in [-0.25, -0.2) is 9.48 Å². The molecule has 0 spiro atoms. The van der Waals surface area contributed by atoms with Gasteiger partial charge in [0.1, 0.15) is 0 Å². The van der Waals surface area contributed by atoms with Gasteiger partial charge in [0.25, 0.3) is 5.56 Å². The molecule has 0 fully saturated rings. The molecule has 0 aliphatic carbocycles. The average Bonchev–Trinajstić information content (AvgIpc) is 3.23. The number of aryl methyl sites for hydroxylation is 2. The molecule has 0 aliphatic rings. The van der Waals surface area contributed by atoms with Gasteiger partial charge in [0.05, 0.1) is 12.0 Å². The van der Waals surface area contributed by atoms with E-state index in [1.165, 1.54) is 7.05 Å². The molecule has 146 valence electrons. The number of carbonyl (C=O) groups excluding carboxylic acids is 1. The van der Waals surface area contributed by atoms with E-state index in [9.17, 15) is 9.59 Å². The lowest BCUT2D eigenvalue weighted by molar-refractivity contribution is 0.0491. The second kappa shape index (κ2) is 8.01. The third kappa shape index (κ3) is 3.88. The molecule has 9 heteroatoms. The molecule has 3 aromatic heterocycles. The van der Waals surface area contributed by atoms with Crippen LogP contribution in [0.15, 0.2) is 58.1 Å². The third-order valence-corrected chi connectivity index (χ3v) is 4.31. The third-order valence-electron chi connectivity index (χ3n) is 4.31. The number of esters is 1. The van der Waals surface area contributed by atoms with Crippen molar-refractivity contribution in [1.82, 2.24) is 24.9 Å². The Morgan fingerprint density at radius 3 is 2.79 bits per heavy atom. The summed E-state index contributed by atoms with van der Waals surface area (Å²) in [7, 11) is 1.50. The van der Waals surface area contributed by atoms with Gasteiger partial charge in [0.2, 0.25) is 11.7 Å². The summed E-state index contributed by atoms with van der Waals surface area (Å²) < 4.78 is 11.7. The highest BCUT2D eigenvalue weighted by atomic mass is 16.5. The van der Waals surface area contributed by atoms with Crippen molar-refractivity contribution in [2.24, 2.45) is 7.05 Å². The number of hydrogen-bond acceptors (Lipinski definition) is 8. The molecule has 0 saturated heterocycles. The molecule has 0 N–H and O–H groups in total. The largest absolute Gasteiger partial charge is 0.461 e. The van der Waals surface area contributed by atoms with E-state index in [2.05, 4.69) is 20.2 Å². The van der Waals surface area contributed by atoms with Crippen molar-refractivity contribution >= 4 is 16.7 Å². The number of carbonyl (C=O) groups is 1. The summed E-state index contributed by atoms with van der Waals surface area (Å²) in [6.07, 6.45) is 4.29. The van der Waals surface area contributed by atoms with Gasteiger partial charge >= 0.3 is 5.97 Å². The van der Waals surface area contributed by atoms with Gasteiger partial charge in [0, 0.05) is 36.8 Å². The average molecular weight is 391 g/mol. The van der Waals surface area contributed by atoms with Crippen LogP contribution < -0.4 is 5.56 Å². The zero-order valence-electron chi connectivity index (χ0n) is 15.6. The van der Waals surface area contributed by atoms with E-state index in [1.54, 1.807) is 42.7 Å². The van der Waals surface area contributed by atoms with Crippen LogP contribution in [0.4, 0.5) is 0 Å². The first-order valence-corrected chi connectivity index (χ1v) is 8.99. The zero-order valence-corrected chi connectivity index (χ0v) is 15.6. The molecule has 0 unspecified atom stereocenters. The SMILES string of the molecule is Cn1nc(C(=O)OCCCc2nc(-c3cccnc3)no2)c2ccccc2c1=O. The lowest BCUT2D eigenvalue weighted by Crippen LogP contribution is -2.24. The molecule has 0 radical (unpaired) electrons. The molecule has 0 amide bonds. The Labute approximate surface area is 165 Å². The number of ether oxygens (including phenoxy) is 1. The quantitative estimate of drug-likeness (QED) is 0.363. The minimum absolute atomic E-state index is 0.111. The fourth-order valence-corrected chi connectivity index (χ4v) is 2.88. The predicted molar refractivity (Wildman–Crippen MR) is 103 cm³/mol. The first kappa shape index (κ1) is 18.5. The number of rotatable bonds is 6. The Balaban J connectivity index is 1.38. The maximum absolute atomic E-state index is 12.5. The van der Waals surface area contributed by atoms with Gasteiger partial charge in [-0.15, -0.1) is 0 Å². The van der Waals surface area contributed by atoms with E-state index < -0.39 is 5.97 Å². The number of aromatic nitrogens is 5. The van der Waals surface area contributed by atoms with Crippen molar-refractivity contribution in [3.63, 3.8) is 0 Å². The van der Waals surface area contributed by atoms with Crippen LogP contribution in [0.2, 0.25) is 0 Å². The Kier molecular flexibility index (Phi) is 5.10. The standard InChI is InChI=1S/C20H17N5O4/c1-25-19(26)15-8-3-2-7-14(15)17(23-25)20(27)28-11-5-9-16-22-18(24-29-16)13-6-4-10-21-12-13/h2-4,6-8,10,12H,5,9,11H2,1H3. The summed E-state index contributed by atoms with van der Waals surface area (Å²) in [5, 5.41) is 8.87. The zero-order chi connectivity index (χ0) is 20.2. The van der Waals surface area contributed by atoms with Crippen LogP contribution in [-0.2, 0) is 18.2 Å². The van der Waals surface area contributed by atoms with Crippen molar-refractivity contribution in [2.75, 3.05) is 6.61 Å². The Bertz CT molecular complexity index is 1220. The Morgan fingerprint density at radius 1 is 1.17 bits per heavy atom. The van der Waals surface area contributed by atoms with E-state index in [0.717, 1.165) is 10.2 Å². The number of pyridine rings is 1. The number of fused-ring (bicyclic) bond motifs is 1. The van der Waals surface area contributed by atoms with Crippen molar-refractivity contribution in [1.29, 1.82) is 0 Å². The molecule has 3 heterocycles. The fraction of sp³-hybridized carbons (Fsp3) is 0.200. The molecule has 0 saturated carbocycles. The van der Waals surface area contributed by atoms with Crippen LogP contribution in [0.1, 0.15) is 22.8 Å². The molecule has 4 rings (SSSR count). The maximum atomic E-state index is 12.5. The molecular weight excluding hydrogens is 374 g/mol. The molecule has 9 nitrogen and oxygen atoms in total. The van der Waals surface area contributed by atoms with Crippen molar-refractivity contribution in [2.45, 2.75) is 12.8 Å². The summed E-state index contributed by atoms with van der Waals surface area (Å²) in [5.74, 6) is 0.329. The number of hydrogen-bond donors (Lipinski definition) is 0. The van der Waals surface area contributed by atoms with Crippen molar-refractivity contribution in [3.05, 3.63) is 70.7 Å². The fourth-order valence-electron chi connectivity index (χ4n) is 2.88.